The fraction of sp³-hybridized carbons (Fsp3) is 0.471. The zero-order chi connectivity index (χ0) is 14.8. The van der Waals surface area contributed by atoms with E-state index in [4.69, 9.17) is 0 Å². The van der Waals surface area contributed by atoms with Gasteiger partial charge in [-0.15, -0.1) is 0 Å². The number of aryl methyl sites for hydroxylation is 1. The molecular weight excluding hydrogens is 262 g/mol. The molecule has 21 heavy (non-hydrogen) atoms. The highest BCUT2D eigenvalue weighted by Gasteiger charge is 2.27. The van der Waals surface area contributed by atoms with Crippen molar-refractivity contribution in [3.8, 4) is 0 Å². The van der Waals surface area contributed by atoms with E-state index in [0.29, 0.717) is 6.42 Å². The lowest BCUT2D eigenvalue weighted by Gasteiger charge is -2.15. The summed E-state index contributed by atoms with van der Waals surface area (Å²) < 4.78 is 1.92. The predicted octanol–water partition coefficient (Wildman–Crippen LogP) is 3.24. The summed E-state index contributed by atoms with van der Waals surface area (Å²) in [7, 11) is 0. The van der Waals surface area contributed by atoms with Gasteiger partial charge in [0.25, 0.3) is 0 Å². The fourth-order valence-corrected chi connectivity index (χ4v) is 3.14. The van der Waals surface area contributed by atoms with Gasteiger partial charge in [0.15, 0.2) is 5.78 Å². The molecule has 1 heterocycles. The minimum Gasteiger partial charge on any atom is -0.294 e. The topological polar surface area (TPSA) is 47.8 Å². The Morgan fingerprint density at radius 2 is 2.14 bits per heavy atom. The van der Waals surface area contributed by atoms with E-state index in [0.717, 1.165) is 30.7 Å². The van der Waals surface area contributed by atoms with E-state index in [-0.39, 0.29) is 17.7 Å². The normalized spacial score (nSPS) is 18.6. The molecule has 0 N–H and O–H groups in total. The third kappa shape index (κ3) is 2.75. The van der Waals surface area contributed by atoms with Crippen LogP contribution in [0.5, 0.6) is 0 Å². The maximum atomic E-state index is 12.8. The monoisotopic (exact) mass is 283 g/mol. The summed E-state index contributed by atoms with van der Waals surface area (Å²) in [5, 5.41) is 4.27. The third-order valence-electron chi connectivity index (χ3n) is 4.22. The number of benzene rings is 1. The van der Waals surface area contributed by atoms with Gasteiger partial charge >= 0.3 is 0 Å². The molecule has 0 bridgehead atoms. The molecule has 1 aliphatic carbocycles. The Balaban J connectivity index is 1.86. The number of nitrogens with zero attached hydrogens (tertiary/aromatic N) is 3. The van der Waals surface area contributed by atoms with E-state index in [9.17, 15) is 4.79 Å². The van der Waals surface area contributed by atoms with Crippen LogP contribution in [-0.4, -0.2) is 20.5 Å². The summed E-state index contributed by atoms with van der Waals surface area (Å²) in [6, 6.07) is 8.28. The summed E-state index contributed by atoms with van der Waals surface area (Å²) >= 11 is 0. The molecule has 3 rings (SSSR count). The van der Waals surface area contributed by atoms with Gasteiger partial charge in [0, 0.05) is 23.9 Å². The van der Waals surface area contributed by atoms with Gasteiger partial charge in [-0.25, -0.2) is 9.67 Å². The van der Waals surface area contributed by atoms with Gasteiger partial charge in [-0.1, -0.05) is 24.3 Å². The largest absolute Gasteiger partial charge is 0.294 e. The molecule has 1 aromatic carbocycles. The van der Waals surface area contributed by atoms with Crippen LogP contribution < -0.4 is 0 Å². The third-order valence-corrected chi connectivity index (χ3v) is 4.22. The highest BCUT2D eigenvalue weighted by atomic mass is 16.1. The van der Waals surface area contributed by atoms with Crippen molar-refractivity contribution in [2.24, 2.45) is 5.92 Å². The highest BCUT2D eigenvalue weighted by molar-refractivity contribution is 5.99. The van der Waals surface area contributed by atoms with Gasteiger partial charge in [0.05, 0.1) is 0 Å². The minimum atomic E-state index is 0.0235. The van der Waals surface area contributed by atoms with Crippen molar-refractivity contribution in [2.75, 3.05) is 0 Å². The Kier molecular flexibility index (Phi) is 3.86. The first kappa shape index (κ1) is 14.0. The van der Waals surface area contributed by atoms with Crippen molar-refractivity contribution in [1.29, 1.82) is 0 Å². The minimum absolute atomic E-state index is 0.0235. The van der Waals surface area contributed by atoms with Gasteiger partial charge in [-0.3, -0.25) is 4.79 Å². The number of hydrogen-bond donors (Lipinski definition) is 0. The van der Waals surface area contributed by atoms with E-state index in [1.807, 2.05) is 22.9 Å². The van der Waals surface area contributed by atoms with Gasteiger partial charge in [0.2, 0.25) is 0 Å². The first-order valence-corrected chi connectivity index (χ1v) is 7.67. The second-order valence-electron chi connectivity index (χ2n) is 6.03. The number of Topliss-reactive ketones (excluding diaryl/α,β-unsaturated/α-hetero) is 1. The molecule has 4 heteroatoms. The molecule has 110 valence electrons. The van der Waals surface area contributed by atoms with Crippen molar-refractivity contribution in [3.63, 3.8) is 0 Å². The maximum absolute atomic E-state index is 12.8. The maximum Gasteiger partial charge on any atom is 0.166 e. The first-order chi connectivity index (χ1) is 10.2. The smallest absolute Gasteiger partial charge is 0.166 e. The molecule has 0 spiro atoms. The number of carbonyl (C=O) groups is 1. The van der Waals surface area contributed by atoms with Crippen LogP contribution in [-0.2, 0) is 12.8 Å². The number of hydrogen-bond acceptors (Lipinski definition) is 3. The Morgan fingerprint density at radius 3 is 2.95 bits per heavy atom. The number of ketones is 1. The molecule has 2 aromatic rings. The van der Waals surface area contributed by atoms with Crippen LogP contribution in [0.25, 0.3) is 0 Å². The molecule has 0 saturated carbocycles. The van der Waals surface area contributed by atoms with Crippen LogP contribution in [0, 0.1) is 5.92 Å². The van der Waals surface area contributed by atoms with Crippen molar-refractivity contribution < 1.29 is 4.79 Å². The summed E-state index contributed by atoms with van der Waals surface area (Å²) in [4.78, 5) is 17.1. The lowest BCUT2D eigenvalue weighted by molar-refractivity contribution is 0.0912. The van der Waals surface area contributed by atoms with Crippen LogP contribution in [0.15, 0.2) is 30.6 Å². The zero-order valence-electron chi connectivity index (χ0n) is 12.6. The van der Waals surface area contributed by atoms with E-state index >= 15 is 0 Å². The van der Waals surface area contributed by atoms with E-state index in [1.54, 1.807) is 6.33 Å². The molecule has 4 nitrogen and oxygen atoms in total. The average molecular weight is 283 g/mol. The lowest BCUT2D eigenvalue weighted by atomic mass is 9.92. The van der Waals surface area contributed by atoms with Gasteiger partial charge in [0.1, 0.15) is 12.2 Å². The standard InChI is InChI=1S/C17H21N3O/c1-12(2)20-16(18-11-19-20)10-14-8-5-7-13-6-3-4-9-15(13)17(14)21/h3-4,6,9,11-12,14H,5,7-8,10H2,1-2H3. The van der Waals surface area contributed by atoms with Crippen molar-refractivity contribution in [1.82, 2.24) is 14.8 Å². The van der Waals surface area contributed by atoms with Crippen molar-refractivity contribution in [2.45, 2.75) is 45.6 Å². The van der Waals surface area contributed by atoms with Crippen LogP contribution in [0.1, 0.15) is 54.5 Å². The second kappa shape index (κ2) is 5.80. The molecule has 0 saturated heterocycles. The van der Waals surface area contributed by atoms with Crippen molar-refractivity contribution >= 4 is 5.78 Å². The molecule has 0 amide bonds. The highest BCUT2D eigenvalue weighted by Crippen LogP contribution is 2.27. The molecule has 1 unspecified atom stereocenters. The van der Waals surface area contributed by atoms with Gasteiger partial charge in [-0.05, 0) is 38.7 Å². The SMILES string of the molecule is CC(C)n1ncnc1CC1CCCc2ccccc2C1=O. The van der Waals surface area contributed by atoms with E-state index in [2.05, 4.69) is 30.0 Å². The fourth-order valence-electron chi connectivity index (χ4n) is 3.14. The number of aromatic nitrogens is 3. The molecule has 1 aromatic heterocycles. The molecular formula is C17H21N3O. The van der Waals surface area contributed by atoms with Gasteiger partial charge < -0.3 is 0 Å². The Morgan fingerprint density at radius 1 is 1.33 bits per heavy atom. The number of fused-ring (bicyclic) bond motifs is 1. The summed E-state index contributed by atoms with van der Waals surface area (Å²) in [6.07, 6.45) is 5.26. The quantitative estimate of drug-likeness (QED) is 0.812. The Labute approximate surface area is 125 Å². The first-order valence-electron chi connectivity index (χ1n) is 7.67. The molecule has 0 radical (unpaired) electrons. The number of rotatable bonds is 3. The molecule has 0 fully saturated rings. The average Bonchev–Trinajstić information content (AvgIpc) is 2.88. The lowest BCUT2D eigenvalue weighted by Crippen LogP contribution is -2.20. The predicted molar refractivity (Wildman–Crippen MR) is 81.3 cm³/mol. The molecule has 0 aliphatic heterocycles. The second-order valence-corrected chi connectivity index (χ2v) is 6.03. The zero-order valence-corrected chi connectivity index (χ0v) is 12.6. The van der Waals surface area contributed by atoms with E-state index < -0.39 is 0 Å². The Hall–Kier alpha value is -1.97. The molecule has 1 aliphatic rings. The summed E-state index contributed by atoms with van der Waals surface area (Å²) in [5.41, 5.74) is 2.09. The van der Waals surface area contributed by atoms with Crippen LogP contribution in [0.2, 0.25) is 0 Å². The molecule has 1 atom stereocenters. The summed E-state index contributed by atoms with van der Waals surface area (Å²) in [5.74, 6) is 1.21. The summed E-state index contributed by atoms with van der Waals surface area (Å²) in [6.45, 7) is 4.17. The van der Waals surface area contributed by atoms with Gasteiger partial charge in [-0.2, -0.15) is 5.10 Å². The van der Waals surface area contributed by atoms with Crippen LogP contribution >= 0.6 is 0 Å². The van der Waals surface area contributed by atoms with Crippen LogP contribution in [0.4, 0.5) is 0 Å². The van der Waals surface area contributed by atoms with E-state index in [1.165, 1.54) is 5.56 Å². The van der Waals surface area contributed by atoms with Crippen LogP contribution in [0.3, 0.4) is 0 Å². The van der Waals surface area contributed by atoms with Crippen molar-refractivity contribution in [3.05, 3.63) is 47.5 Å². The Bertz CT molecular complexity index is 645. The number of carbonyl (C=O) groups excluding carboxylic acids is 1.